The van der Waals surface area contributed by atoms with E-state index in [9.17, 15) is 9.59 Å². The Bertz CT molecular complexity index is 719. The molecule has 2 aliphatic heterocycles. The van der Waals surface area contributed by atoms with Gasteiger partial charge in [0.05, 0.1) is 18.6 Å². The van der Waals surface area contributed by atoms with Gasteiger partial charge >= 0.3 is 0 Å². The van der Waals surface area contributed by atoms with E-state index in [0.29, 0.717) is 37.5 Å². The summed E-state index contributed by atoms with van der Waals surface area (Å²) in [7, 11) is 0. The van der Waals surface area contributed by atoms with Crippen LogP contribution in [0.3, 0.4) is 0 Å². The summed E-state index contributed by atoms with van der Waals surface area (Å²) in [6.07, 6.45) is 4.60. The van der Waals surface area contributed by atoms with Gasteiger partial charge in [-0.15, -0.1) is 0 Å². The van der Waals surface area contributed by atoms with E-state index >= 15 is 0 Å². The average Bonchev–Trinajstić information content (AvgIpc) is 3.06. The number of amides is 2. The molecule has 1 saturated heterocycles. The summed E-state index contributed by atoms with van der Waals surface area (Å²) in [5, 5.41) is 3.18. The van der Waals surface area contributed by atoms with Gasteiger partial charge < -0.3 is 15.0 Å². The number of ether oxygens (including phenoxy) is 1. The lowest BCUT2D eigenvalue weighted by atomic mass is 9.77. The Morgan fingerprint density at radius 3 is 2.85 bits per heavy atom. The van der Waals surface area contributed by atoms with Crippen molar-refractivity contribution in [1.29, 1.82) is 0 Å². The summed E-state index contributed by atoms with van der Waals surface area (Å²) >= 11 is 0. The zero-order chi connectivity index (χ0) is 19.0. The highest BCUT2D eigenvalue weighted by Crippen LogP contribution is 2.36. The summed E-state index contributed by atoms with van der Waals surface area (Å²) < 4.78 is 5.68. The lowest BCUT2D eigenvalue weighted by Crippen LogP contribution is -2.45. The molecule has 5 nitrogen and oxygen atoms in total. The molecule has 1 aliphatic carbocycles. The quantitative estimate of drug-likeness (QED) is 0.888. The number of carbonyl (C=O) groups excluding carboxylic acids is 2. The molecule has 0 radical (unpaired) electrons. The van der Waals surface area contributed by atoms with Gasteiger partial charge in [-0.1, -0.05) is 44.9 Å². The number of hydrogen-bond donors (Lipinski definition) is 1. The van der Waals surface area contributed by atoms with E-state index in [1.165, 1.54) is 12.8 Å². The van der Waals surface area contributed by atoms with Gasteiger partial charge in [0.1, 0.15) is 5.75 Å². The second-order valence-electron chi connectivity index (χ2n) is 8.52. The molecule has 2 fully saturated rings. The van der Waals surface area contributed by atoms with Crippen LogP contribution in [-0.4, -0.2) is 35.9 Å². The van der Waals surface area contributed by atoms with E-state index in [1.54, 1.807) is 0 Å². The number of para-hydroxylation sites is 1. The minimum Gasteiger partial charge on any atom is -0.493 e. The Labute approximate surface area is 161 Å². The van der Waals surface area contributed by atoms with Crippen molar-refractivity contribution >= 4 is 11.8 Å². The molecule has 0 bridgehead atoms. The Kier molecular flexibility index (Phi) is 5.11. The average molecular weight is 370 g/mol. The molecule has 1 N–H and O–H groups in total. The molecule has 146 valence electrons. The zero-order valence-corrected chi connectivity index (χ0v) is 16.3. The van der Waals surface area contributed by atoms with Gasteiger partial charge in [0.15, 0.2) is 0 Å². The Hall–Kier alpha value is -2.04. The number of hydrogen-bond acceptors (Lipinski definition) is 3. The third-order valence-corrected chi connectivity index (χ3v) is 6.87. The molecule has 0 aromatic heterocycles. The number of nitrogens with one attached hydrogen (secondary N) is 1. The van der Waals surface area contributed by atoms with E-state index in [-0.39, 0.29) is 23.8 Å². The summed E-state index contributed by atoms with van der Waals surface area (Å²) in [4.78, 5) is 27.6. The second-order valence-corrected chi connectivity index (χ2v) is 8.52. The van der Waals surface area contributed by atoms with Crippen LogP contribution in [-0.2, 0) is 9.59 Å². The molecule has 4 rings (SSSR count). The molecule has 2 amide bonds. The normalized spacial score (nSPS) is 33.3. The van der Waals surface area contributed by atoms with Gasteiger partial charge in [0.2, 0.25) is 11.8 Å². The zero-order valence-electron chi connectivity index (χ0n) is 16.3. The summed E-state index contributed by atoms with van der Waals surface area (Å²) in [6, 6.07) is 8.14. The number of fused-ring (bicyclic) bond motifs is 1. The van der Waals surface area contributed by atoms with Gasteiger partial charge in [-0.3, -0.25) is 9.59 Å². The van der Waals surface area contributed by atoms with Crippen LogP contribution in [0.4, 0.5) is 0 Å². The van der Waals surface area contributed by atoms with Gasteiger partial charge in [0, 0.05) is 31.0 Å². The van der Waals surface area contributed by atoms with Crippen LogP contribution in [0.5, 0.6) is 5.75 Å². The number of carbonyl (C=O) groups is 2. The van der Waals surface area contributed by atoms with Crippen molar-refractivity contribution in [1.82, 2.24) is 10.2 Å². The smallest absolute Gasteiger partial charge is 0.225 e. The molecule has 1 aromatic rings. The lowest BCUT2D eigenvalue weighted by Gasteiger charge is -2.40. The van der Waals surface area contributed by atoms with E-state index in [1.807, 2.05) is 29.2 Å². The Morgan fingerprint density at radius 2 is 2.00 bits per heavy atom. The Balaban J connectivity index is 1.41. The van der Waals surface area contributed by atoms with Gasteiger partial charge in [-0.2, -0.15) is 0 Å². The van der Waals surface area contributed by atoms with Crippen LogP contribution < -0.4 is 10.1 Å². The van der Waals surface area contributed by atoms with E-state index < -0.39 is 0 Å². The minimum atomic E-state index is -0.239. The van der Waals surface area contributed by atoms with Crippen molar-refractivity contribution in [2.75, 3.05) is 13.2 Å². The first-order valence-electron chi connectivity index (χ1n) is 10.4. The van der Waals surface area contributed by atoms with E-state index in [4.69, 9.17) is 4.74 Å². The van der Waals surface area contributed by atoms with Gasteiger partial charge in [-0.05, 0) is 24.3 Å². The monoisotopic (exact) mass is 370 g/mol. The largest absolute Gasteiger partial charge is 0.493 e. The topological polar surface area (TPSA) is 58.6 Å². The van der Waals surface area contributed by atoms with Crippen LogP contribution in [0.25, 0.3) is 0 Å². The minimum absolute atomic E-state index is 0.00376. The molecule has 5 heteroatoms. The third-order valence-electron chi connectivity index (χ3n) is 6.87. The van der Waals surface area contributed by atoms with Crippen LogP contribution in [0, 0.1) is 17.8 Å². The van der Waals surface area contributed by atoms with Crippen molar-refractivity contribution in [3.8, 4) is 5.75 Å². The number of rotatable bonds is 3. The fourth-order valence-corrected chi connectivity index (χ4v) is 5.00. The molecule has 0 unspecified atom stereocenters. The predicted molar refractivity (Wildman–Crippen MR) is 103 cm³/mol. The molecule has 27 heavy (non-hydrogen) atoms. The van der Waals surface area contributed by atoms with Crippen LogP contribution in [0.2, 0.25) is 0 Å². The van der Waals surface area contributed by atoms with Gasteiger partial charge in [0.25, 0.3) is 0 Å². The standard InChI is InChI=1S/C22H30N2O3/c1-14-6-5-8-19(15(14)2)24-13-16(12-21(24)25)22(26)23-18-10-11-27-20-9-4-3-7-17(18)20/h3-4,7,9,14-16,18-19H,5-6,8,10-13H2,1-2H3,(H,23,26)/t14-,15+,16+,18+,19+/m0/s1. The molecule has 5 atom stereocenters. The van der Waals surface area contributed by atoms with Crippen molar-refractivity contribution in [3.05, 3.63) is 29.8 Å². The van der Waals surface area contributed by atoms with Crippen molar-refractivity contribution in [2.24, 2.45) is 17.8 Å². The second kappa shape index (κ2) is 7.53. The van der Waals surface area contributed by atoms with Crippen LogP contribution >= 0.6 is 0 Å². The molecule has 3 aliphatic rings. The van der Waals surface area contributed by atoms with Crippen molar-refractivity contribution in [2.45, 2.75) is 58.0 Å². The van der Waals surface area contributed by atoms with Crippen molar-refractivity contribution < 1.29 is 14.3 Å². The molecule has 0 spiro atoms. The summed E-state index contributed by atoms with van der Waals surface area (Å²) in [5.41, 5.74) is 1.04. The van der Waals surface area contributed by atoms with Crippen LogP contribution in [0.1, 0.15) is 57.6 Å². The third kappa shape index (κ3) is 3.56. The predicted octanol–water partition coefficient (Wildman–Crippen LogP) is 3.30. The highest BCUT2D eigenvalue weighted by Gasteiger charge is 2.42. The molecular formula is C22H30N2O3. The number of nitrogens with zero attached hydrogens (tertiary/aromatic N) is 1. The SMILES string of the molecule is C[C@H]1[C@H](N2C[C@H](C(=O)N[C@@H]3CCOc4ccccc43)CC2=O)CCC[C@@H]1C. The summed E-state index contributed by atoms with van der Waals surface area (Å²) in [5.74, 6) is 1.91. The summed E-state index contributed by atoms with van der Waals surface area (Å²) in [6.45, 7) is 5.71. The highest BCUT2D eigenvalue weighted by molar-refractivity contribution is 5.89. The Morgan fingerprint density at radius 1 is 1.19 bits per heavy atom. The van der Waals surface area contributed by atoms with E-state index in [0.717, 1.165) is 24.2 Å². The molecule has 2 heterocycles. The first-order chi connectivity index (χ1) is 13.0. The first kappa shape index (κ1) is 18.3. The van der Waals surface area contributed by atoms with E-state index in [2.05, 4.69) is 19.2 Å². The highest BCUT2D eigenvalue weighted by atomic mass is 16.5. The number of benzene rings is 1. The maximum absolute atomic E-state index is 12.9. The fourth-order valence-electron chi connectivity index (χ4n) is 5.00. The molecular weight excluding hydrogens is 340 g/mol. The van der Waals surface area contributed by atoms with Gasteiger partial charge in [-0.25, -0.2) is 0 Å². The fraction of sp³-hybridized carbons (Fsp3) is 0.636. The first-order valence-corrected chi connectivity index (χ1v) is 10.4. The maximum atomic E-state index is 12.9. The maximum Gasteiger partial charge on any atom is 0.225 e. The molecule has 1 aromatic carbocycles. The molecule has 1 saturated carbocycles. The van der Waals surface area contributed by atoms with Crippen LogP contribution in [0.15, 0.2) is 24.3 Å². The number of likely N-dealkylation sites (tertiary alicyclic amines) is 1. The lowest BCUT2D eigenvalue weighted by molar-refractivity contribution is -0.132. The van der Waals surface area contributed by atoms with Crippen molar-refractivity contribution in [3.63, 3.8) is 0 Å².